The molecule has 2 unspecified atom stereocenters. The minimum absolute atomic E-state index is 0.598. The molecule has 1 nitrogen and oxygen atoms in total. The topological polar surface area (TPSA) is 12.0 Å². The molecule has 0 radical (unpaired) electrons. The van der Waals surface area contributed by atoms with Crippen molar-refractivity contribution < 1.29 is 0 Å². The maximum absolute atomic E-state index is 3.82. The van der Waals surface area contributed by atoms with E-state index in [1.165, 1.54) is 29.3 Å². The lowest BCUT2D eigenvalue weighted by Crippen LogP contribution is -2.37. The van der Waals surface area contributed by atoms with E-state index in [4.69, 9.17) is 0 Å². The van der Waals surface area contributed by atoms with Gasteiger partial charge >= 0.3 is 0 Å². The Balaban J connectivity index is 1.52. The van der Waals surface area contributed by atoms with Crippen LogP contribution in [0.3, 0.4) is 0 Å². The summed E-state index contributed by atoms with van der Waals surface area (Å²) in [6, 6.07) is 10.1. The van der Waals surface area contributed by atoms with E-state index in [-0.39, 0.29) is 0 Å². The van der Waals surface area contributed by atoms with E-state index in [2.05, 4.69) is 52.4 Å². The van der Waals surface area contributed by atoms with E-state index in [1.807, 2.05) is 0 Å². The molecule has 2 aliphatic carbocycles. The lowest BCUT2D eigenvalue weighted by molar-refractivity contribution is 0.415. The Morgan fingerprint density at radius 3 is 2.65 bits per heavy atom. The Labute approximate surface area is 112 Å². The number of hydrogen-bond donors (Lipinski definition) is 1. The monoisotopic (exact) mass is 293 g/mol. The standard InChI is InChI=1S/C15H20BrN/c1-10(8-11-2-5-13(16)6-3-11)17-15-7-4-12-9-14(12)15/h2-3,5-6,10,12,14-15,17H,4,7-9H2,1H3/t10?,12-,14+,15?/m0/s1. The zero-order chi connectivity index (χ0) is 11.8. The van der Waals surface area contributed by atoms with Gasteiger partial charge in [-0.25, -0.2) is 0 Å². The maximum atomic E-state index is 3.82. The van der Waals surface area contributed by atoms with Crippen LogP contribution in [0.5, 0.6) is 0 Å². The van der Waals surface area contributed by atoms with Crippen molar-refractivity contribution >= 4 is 15.9 Å². The van der Waals surface area contributed by atoms with Crippen LogP contribution in [0.4, 0.5) is 0 Å². The summed E-state index contributed by atoms with van der Waals surface area (Å²) in [6.45, 7) is 2.32. The highest BCUT2D eigenvalue weighted by Gasteiger charge is 2.47. The zero-order valence-corrected chi connectivity index (χ0v) is 11.9. The summed E-state index contributed by atoms with van der Waals surface area (Å²) >= 11 is 3.48. The lowest BCUT2D eigenvalue weighted by atomic mass is 10.1. The molecule has 0 bridgehead atoms. The average Bonchev–Trinajstić information content (AvgIpc) is 2.99. The first-order valence-electron chi connectivity index (χ1n) is 6.73. The van der Waals surface area contributed by atoms with E-state index in [0.29, 0.717) is 6.04 Å². The Hall–Kier alpha value is -0.340. The lowest BCUT2D eigenvalue weighted by Gasteiger charge is -2.20. The van der Waals surface area contributed by atoms with E-state index in [1.54, 1.807) is 0 Å². The first kappa shape index (κ1) is 11.7. The molecule has 2 heteroatoms. The molecule has 0 heterocycles. The fourth-order valence-electron chi connectivity index (χ4n) is 3.31. The van der Waals surface area contributed by atoms with Crippen LogP contribution in [0.1, 0.15) is 31.7 Å². The van der Waals surface area contributed by atoms with Crippen molar-refractivity contribution in [2.45, 2.75) is 44.7 Å². The Kier molecular flexibility index (Phi) is 3.27. The third-order valence-electron chi connectivity index (χ3n) is 4.30. The molecule has 92 valence electrons. The molecule has 17 heavy (non-hydrogen) atoms. The SMILES string of the molecule is CC(Cc1ccc(Br)cc1)NC1CC[C@H]2C[C@@H]12. The van der Waals surface area contributed by atoms with Crippen LogP contribution in [0.2, 0.25) is 0 Å². The summed E-state index contributed by atoms with van der Waals surface area (Å²) in [7, 11) is 0. The number of fused-ring (bicyclic) bond motifs is 1. The number of hydrogen-bond acceptors (Lipinski definition) is 1. The van der Waals surface area contributed by atoms with Gasteiger partial charge in [0.05, 0.1) is 0 Å². The van der Waals surface area contributed by atoms with Crippen molar-refractivity contribution in [1.29, 1.82) is 0 Å². The van der Waals surface area contributed by atoms with Gasteiger partial charge in [-0.3, -0.25) is 0 Å². The average molecular weight is 294 g/mol. The molecule has 1 aromatic carbocycles. The first-order chi connectivity index (χ1) is 8.22. The molecule has 1 N–H and O–H groups in total. The van der Waals surface area contributed by atoms with E-state index >= 15 is 0 Å². The minimum atomic E-state index is 0.598. The summed E-state index contributed by atoms with van der Waals surface area (Å²) in [5, 5.41) is 3.82. The summed E-state index contributed by atoms with van der Waals surface area (Å²) in [5.41, 5.74) is 1.43. The summed E-state index contributed by atoms with van der Waals surface area (Å²) in [5.74, 6) is 2.09. The molecular weight excluding hydrogens is 274 g/mol. The molecule has 0 spiro atoms. The molecular formula is C15H20BrN. The second-order valence-electron chi connectivity index (χ2n) is 5.74. The third-order valence-corrected chi connectivity index (χ3v) is 4.82. The normalized spacial score (nSPS) is 32.2. The van der Waals surface area contributed by atoms with Crippen molar-refractivity contribution in [1.82, 2.24) is 5.32 Å². The molecule has 0 saturated heterocycles. The molecule has 0 amide bonds. The van der Waals surface area contributed by atoms with Gasteiger partial charge in [0, 0.05) is 16.6 Å². The van der Waals surface area contributed by atoms with Gasteiger partial charge in [0.15, 0.2) is 0 Å². The molecule has 3 rings (SSSR count). The van der Waals surface area contributed by atoms with Crippen molar-refractivity contribution in [3.63, 3.8) is 0 Å². The van der Waals surface area contributed by atoms with Gasteiger partial charge in [-0.1, -0.05) is 28.1 Å². The Morgan fingerprint density at radius 2 is 2.06 bits per heavy atom. The molecule has 4 atom stereocenters. The number of rotatable bonds is 4. The number of nitrogens with one attached hydrogen (secondary N) is 1. The quantitative estimate of drug-likeness (QED) is 0.891. The summed E-state index contributed by atoms with van der Waals surface area (Å²) in [4.78, 5) is 0. The van der Waals surface area contributed by atoms with Crippen molar-refractivity contribution in [2.75, 3.05) is 0 Å². The zero-order valence-electron chi connectivity index (χ0n) is 10.3. The van der Waals surface area contributed by atoms with Gasteiger partial charge in [0.2, 0.25) is 0 Å². The van der Waals surface area contributed by atoms with Crippen LogP contribution < -0.4 is 5.32 Å². The van der Waals surface area contributed by atoms with Gasteiger partial charge in [-0.15, -0.1) is 0 Å². The fraction of sp³-hybridized carbons (Fsp3) is 0.600. The highest BCUT2D eigenvalue weighted by atomic mass is 79.9. The summed E-state index contributed by atoms with van der Waals surface area (Å²) in [6.07, 6.45) is 5.50. The molecule has 2 aliphatic rings. The highest BCUT2D eigenvalue weighted by molar-refractivity contribution is 9.10. The van der Waals surface area contributed by atoms with Crippen molar-refractivity contribution in [2.24, 2.45) is 11.8 Å². The fourth-order valence-corrected chi connectivity index (χ4v) is 3.57. The predicted molar refractivity (Wildman–Crippen MR) is 75.1 cm³/mol. The molecule has 0 aromatic heterocycles. The Morgan fingerprint density at radius 1 is 1.29 bits per heavy atom. The predicted octanol–water partition coefficient (Wildman–Crippen LogP) is 3.77. The molecule has 1 aromatic rings. The van der Waals surface area contributed by atoms with Crippen LogP contribution in [-0.4, -0.2) is 12.1 Å². The van der Waals surface area contributed by atoms with Crippen molar-refractivity contribution in [3.8, 4) is 0 Å². The van der Waals surface area contributed by atoms with Gasteiger partial charge in [-0.2, -0.15) is 0 Å². The molecule has 2 saturated carbocycles. The van der Waals surface area contributed by atoms with Crippen LogP contribution in [0.25, 0.3) is 0 Å². The first-order valence-corrected chi connectivity index (χ1v) is 7.52. The smallest absolute Gasteiger partial charge is 0.0175 e. The Bertz CT molecular complexity index is 386. The van der Waals surface area contributed by atoms with E-state index < -0.39 is 0 Å². The van der Waals surface area contributed by atoms with Crippen molar-refractivity contribution in [3.05, 3.63) is 34.3 Å². The van der Waals surface area contributed by atoms with Gasteiger partial charge in [-0.05, 0) is 62.1 Å². The van der Waals surface area contributed by atoms with Gasteiger partial charge < -0.3 is 5.32 Å². The van der Waals surface area contributed by atoms with Crippen LogP contribution in [0.15, 0.2) is 28.7 Å². The van der Waals surface area contributed by atoms with E-state index in [0.717, 1.165) is 24.3 Å². The molecule has 2 fully saturated rings. The molecule has 0 aliphatic heterocycles. The minimum Gasteiger partial charge on any atom is -0.311 e. The van der Waals surface area contributed by atoms with Crippen LogP contribution in [0, 0.1) is 11.8 Å². The second-order valence-corrected chi connectivity index (χ2v) is 6.66. The van der Waals surface area contributed by atoms with Gasteiger partial charge in [0.25, 0.3) is 0 Å². The number of benzene rings is 1. The van der Waals surface area contributed by atoms with Crippen LogP contribution >= 0.6 is 15.9 Å². The highest BCUT2D eigenvalue weighted by Crippen LogP contribution is 2.51. The third kappa shape index (κ3) is 2.74. The largest absolute Gasteiger partial charge is 0.311 e. The van der Waals surface area contributed by atoms with Crippen LogP contribution in [-0.2, 0) is 6.42 Å². The second kappa shape index (κ2) is 4.74. The van der Waals surface area contributed by atoms with Gasteiger partial charge in [0.1, 0.15) is 0 Å². The summed E-state index contributed by atoms with van der Waals surface area (Å²) < 4.78 is 1.17. The van der Waals surface area contributed by atoms with E-state index in [9.17, 15) is 0 Å². The number of halogens is 1. The maximum Gasteiger partial charge on any atom is 0.0175 e.